The van der Waals surface area contributed by atoms with E-state index in [1.165, 1.54) is 0 Å². The van der Waals surface area contributed by atoms with Gasteiger partial charge in [0.15, 0.2) is 0 Å². The number of hydrogen-bond donors (Lipinski definition) is 0. The standard InChI is InChI=1S/C16H19N3O2/c1-4-19(5-2)16(20)13-7-6-8-14(11-13)21-15-10-9-12(3)17-18-15/h6-11H,4-5H2,1-3H3. The van der Waals surface area contributed by atoms with E-state index in [0.717, 1.165) is 5.69 Å². The van der Waals surface area contributed by atoms with Crippen LogP contribution in [0.25, 0.3) is 0 Å². The topological polar surface area (TPSA) is 55.3 Å². The summed E-state index contributed by atoms with van der Waals surface area (Å²) in [6.07, 6.45) is 0. The van der Waals surface area contributed by atoms with E-state index < -0.39 is 0 Å². The van der Waals surface area contributed by atoms with Crippen LogP contribution in [0, 0.1) is 6.92 Å². The number of carbonyl (C=O) groups excluding carboxylic acids is 1. The van der Waals surface area contributed by atoms with E-state index in [-0.39, 0.29) is 5.91 Å². The molecule has 1 amide bonds. The summed E-state index contributed by atoms with van der Waals surface area (Å²) in [4.78, 5) is 14.1. The van der Waals surface area contributed by atoms with E-state index in [9.17, 15) is 4.79 Å². The van der Waals surface area contributed by atoms with Gasteiger partial charge in [0, 0.05) is 24.7 Å². The molecule has 0 aliphatic rings. The molecule has 0 saturated heterocycles. The van der Waals surface area contributed by atoms with Crippen LogP contribution in [0.4, 0.5) is 0 Å². The van der Waals surface area contributed by atoms with Crippen molar-refractivity contribution in [1.82, 2.24) is 15.1 Å². The van der Waals surface area contributed by atoms with Gasteiger partial charge in [-0.05, 0) is 45.0 Å². The number of rotatable bonds is 5. The lowest BCUT2D eigenvalue weighted by atomic mass is 10.2. The predicted octanol–water partition coefficient (Wildman–Crippen LogP) is 3.06. The highest BCUT2D eigenvalue weighted by Crippen LogP contribution is 2.20. The number of nitrogens with zero attached hydrogens (tertiary/aromatic N) is 3. The number of aryl methyl sites for hydroxylation is 1. The first-order chi connectivity index (χ1) is 10.1. The molecule has 1 aromatic heterocycles. The molecule has 0 spiro atoms. The molecule has 2 aromatic rings. The number of amides is 1. The van der Waals surface area contributed by atoms with E-state index >= 15 is 0 Å². The first-order valence-corrected chi connectivity index (χ1v) is 7.01. The van der Waals surface area contributed by atoms with Crippen LogP contribution in [-0.4, -0.2) is 34.1 Å². The van der Waals surface area contributed by atoms with Crippen LogP contribution in [0.5, 0.6) is 11.6 Å². The van der Waals surface area contributed by atoms with Gasteiger partial charge >= 0.3 is 0 Å². The Morgan fingerprint density at radius 2 is 1.90 bits per heavy atom. The molecule has 5 heteroatoms. The summed E-state index contributed by atoms with van der Waals surface area (Å²) in [5.74, 6) is 0.986. The van der Waals surface area contributed by atoms with Gasteiger partial charge in [-0.25, -0.2) is 0 Å². The van der Waals surface area contributed by atoms with Gasteiger partial charge < -0.3 is 9.64 Å². The molecule has 1 aromatic carbocycles. The predicted molar refractivity (Wildman–Crippen MR) is 80.5 cm³/mol. The van der Waals surface area contributed by atoms with Crippen molar-refractivity contribution in [3.05, 3.63) is 47.7 Å². The van der Waals surface area contributed by atoms with Crippen molar-refractivity contribution in [2.45, 2.75) is 20.8 Å². The van der Waals surface area contributed by atoms with Crippen LogP contribution < -0.4 is 4.74 Å². The van der Waals surface area contributed by atoms with Gasteiger partial charge in [-0.1, -0.05) is 6.07 Å². The number of aromatic nitrogens is 2. The highest BCUT2D eigenvalue weighted by atomic mass is 16.5. The highest BCUT2D eigenvalue weighted by Gasteiger charge is 2.13. The van der Waals surface area contributed by atoms with Crippen molar-refractivity contribution >= 4 is 5.91 Å². The van der Waals surface area contributed by atoms with Crippen molar-refractivity contribution in [3.63, 3.8) is 0 Å². The van der Waals surface area contributed by atoms with Gasteiger partial charge in [-0.2, -0.15) is 5.10 Å². The first-order valence-electron chi connectivity index (χ1n) is 7.01. The smallest absolute Gasteiger partial charge is 0.253 e. The SMILES string of the molecule is CCN(CC)C(=O)c1cccc(Oc2ccc(C)nn2)c1. The van der Waals surface area contributed by atoms with Crippen LogP contribution in [0.2, 0.25) is 0 Å². The molecule has 0 radical (unpaired) electrons. The average molecular weight is 285 g/mol. The monoisotopic (exact) mass is 285 g/mol. The zero-order valence-electron chi connectivity index (χ0n) is 12.5. The Bertz CT molecular complexity index is 607. The van der Waals surface area contributed by atoms with Crippen LogP contribution in [0.1, 0.15) is 29.9 Å². The van der Waals surface area contributed by atoms with Gasteiger partial charge in [0.2, 0.25) is 5.88 Å². The summed E-state index contributed by atoms with van der Waals surface area (Å²) >= 11 is 0. The zero-order valence-corrected chi connectivity index (χ0v) is 12.5. The maximum atomic E-state index is 12.3. The van der Waals surface area contributed by atoms with Crippen LogP contribution in [0.15, 0.2) is 36.4 Å². The van der Waals surface area contributed by atoms with E-state index in [0.29, 0.717) is 30.3 Å². The van der Waals surface area contributed by atoms with E-state index in [1.54, 1.807) is 35.2 Å². The Hall–Kier alpha value is -2.43. The molecule has 0 saturated carbocycles. The fourth-order valence-electron chi connectivity index (χ4n) is 1.95. The van der Waals surface area contributed by atoms with Crippen LogP contribution in [-0.2, 0) is 0 Å². The molecule has 0 N–H and O–H groups in total. The second-order valence-corrected chi connectivity index (χ2v) is 4.62. The molecule has 0 bridgehead atoms. The Labute approximate surface area is 124 Å². The highest BCUT2D eigenvalue weighted by molar-refractivity contribution is 5.94. The largest absolute Gasteiger partial charge is 0.438 e. The molecule has 2 rings (SSSR count). The maximum Gasteiger partial charge on any atom is 0.253 e. The van der Waals surface area contributed by atoms with E-state index in [4.69, 9.17) is 4.74 Å². The summed E-state index contributed by atoms with van der Waals surface area (Å²) in [5.41, 5.74) is 1.43. The third-order valence-corrected chi connectivity index (χ3v) is 3.13. The lowest BCUT2D eigenvalue weighted by Gasteiger charge is -2.18. The quantitative estimate of drug-likeness (QED) is 0.847. The lowest BCUT2D eigenvalue weighted by molar-refractivity contribution is 0.0772. The average Bonchev–Trinajstić information content (AvgIpc) is 2.51. The first kappa shape index (κ1) is 15.0. The number of benzene rings is 1. The minimum atomic E-state index is 0.000408. The van der Waals surface area contributed by atoms with Gasteiger partial charge in [0.25, 0.3) is 5.91 Å². The van der Waals surface area contributed by atoms with Crippen molar-refractivity contribution in [2.24, 2.45) is 0 Å². The van der Waals surface area contributed by atoms with Crippen LogP contribution in [0.3, 0.4) is 0 Å². The van der Waals surface area contributed by atoms with Gasteiger partial charge in [0.05, 0.1) is 5.69 Å². The number of hydrogen-bond acceptors (Lipinski definition) is 4. The molecule has 0 aliphatic carbocycles. The van der Waals surface area contributed by atoms with Gasteiger partial charge in [-0.3, -0.25) is 4.79 Å². The van der Waals surface area contributed by atoms with Crippen LogP contribution >= 0.6 is 0 Å². The Morgan fingerprint density at radius 3 is 2.52 bits per heavy atom. The molecule has 0 aliphatic heterocycles. The third kappa shape index (κ3) is 3.78. The summed E-state index contributed by atoms with van der Waals surface area (Å²) < 4.78 is 5.63. The zero-order chi connectivity index (χ0) is 15.2. The molecular weight excluding hydrogens is 266 g/mol. The molecule has 0 fully saturated rings. The summed E-state index contributed by atoms with van der Waals surface area (Å²) in [6.45, 7) is 7.15. The molecule has 110 valence electrons. The number of ether oxygens (including phenoxy) is 1. The fraction of sp³-hybridized carbons (Fsp3) is 0.312. The third-order valence-electron chi connectivity index (χ3n) is 3.13. The number of carbonyl (C=O) groups is 1. The normalized spacial score (nSPS) is 10.2. The summed E-state index contributed by atoms with van der Waals surface area (Å²) in [6, 6.07) is 10.7. The van der Waals surface area contributed by atoms with Crippen molar-refractivity contribution in [1.29, 1.82) is 0 Å². The Morgan fingerprint density at radius 1 is 1.14 bits per heavy atom. The summed E-state index contributed by atoms with van der Waals surface area (Å²) in [7, 11) is 0. The van der Waals surface area contributed by atoms with Crippen molar-refractivity contribution in [3.8, 4) is 11.6 Å². The molecule has 5 nitrogen and oxygen atoms in total. The minimum absolute atomic E-state index is 0.000408. The molecule has 1 heterocycles. The van der Waals surface area contributed by atoms with Gasteiger partial charge in [0.1, 0.15) is 5.75 Å². The second kappa shape index (κ2) is 6.83. The lowest BCUT2D eigenvalue weighted by Crippen LogP contribution is -2.30. The summed E-state index contributed by atoms with van der Waals surface area (Å²) in [5, 5.41) is 7.89. The maximum absolute atomic E-state index is 12.3. The molecular formula is C16H19N3O2. The molecule has 0 atom stereocenters. The second-order valence-electron chi connectivity index (χ2n) is 4.62. The molecule has 0 unspecified atom stereocenters. The van der Waals surface area contributed by atoms with Crippen molar-refractivity contribution in [2.75, 3.05) is 13.1 Å². The minimum Gasteiger partial charge on any atom is -0.438 e. The van der Waals surface area contributed by atoms with E-state index in [2.05, 4.69) is 10.2 Å². The van der Waals surface area contributed by atoms with Gasteiger partial charge in [-0.15, -0.1) is 5.10 Å². The Kier molecular flexibility index (Phi) is 4.87. The Balaban J connectivity index is 2.17. The molecule has 21 heavy (non-hydrogen) atoms. The fourth-order valence-corrected chi connectivity index (χ4v) is 1.95. The van der Waals surface area contributed by atoms with Crippen molar-refractivity contribution < 1.29 is 9.53 Å². The van der Waals surface area contributed by atoms with E-state index in [1.807, 2.05) is 26.8 Å².